The summed E-state index contributed by atoms with van der Waals surface area (Å²) >= 11 is 0. The third kappa shape index (κ3) is 13.1. The summed E-state index contributed by atoms with van der Waals surface area (Å²) in [6.07, 6.45) is 0.364. The summed E-state index contributed by atoms with van der Waals surface area (Å²) in [4.78, 5) is 81.0. The van der Waals surface area contributed by atoms with E-state index in [-0.39, 0.29) is 5.56 Å². The highest BCUT2D eigenvalue weighted by molar-refractivity contribution is 6.58. The molecule has 0 bridgehead atoms. The van der Waals surface area contributed by atoms with Crippen molar-refractivity contribution in [2.24, 2.45) is 0 Å². The maximum Gasteiger partial charge on any atom is 0.488 e. The summed E-state index contributed by atoms with van der Waals surface area (Å²) < 4.78 is 23.8. The molecule has 8 aromatic rings. The van der Waals surface area contributed by atoms with Crippen LogP contribution < -0.4 is 5.46 Å². The van der Waals surface area contributed by atoms with Gasteiger partial charge in [-0.05, 0) is 131 Å². The van der Waals surface area contributed by atoms with Gasteiger partial charge in [-0.3, -0.25) is 9.59 Å². The van der Waals surface area contributed by atoms with E-state index in [1.807, 2.05) is 85.8 Å². The predicted molar refractivity (Wildman–Crippen MR) is 283 cm³/mol. The molecule has 0 spiro atoms. The molecule has 0 amide bonds. The molecule has 0 fully saturated rings. The number of fused-ring (bicyclic) bond motifs is 2. The molecule has 2 aromatic heterocycles. The topological polar surface area (TPSA) is 215 Å². The van der Waals surface area contributed by atoms with Crippen LogP contribution in [0.3, 0.4) is 0 Å². The second kappa shape index (κ2) is 22.9. The Morgan fingerprint density at radius 2 is 0.905 bits per heavy atom. The molecule has 0 unspecified atom stereocenters. The normalized spacial score (nSPS) is 11.1. The number of nitrogens with zero attached hydrogens (tertiary/aromatic N) is 4. The van der Waals surface area contributed by atoms with Crippen LogP contribution in [0.2, 0.25) is 0 Å². The molecule has 0 saturated carbocycles. The number of esters is 2. The lowest BCUT2D eigenvalue weighted by Crippen LogP contribution is -2.29. The molecule has 0 aliphatic carbocycles. The van der Waals surface area contributed by atoms with E-state index in [9.17, 15) is 28.8 Å². The highest BCUT2D eigenvalue weighted by atomic mass is 16.6. The van der Waals surface area contributed by atoms with Crippen molar-refractivity contribution >= 4 is 71.3 Å². The van der Waals surface area contributed by atoms with Gasteiger partial charge in [-0.25, -0.2) is 38.3 Å². The van der Waals surface area contributed by atoms with Crippen molar-refractivity contribution in [3.05, 3.63) is 161 Å². The lowest BCUT2D eigenvalue weighted by Gasteiger charge is -2.20. The molecule has 0 saturated heterocycles. The van der Waals surface area contributed by atoms with Crippen LogP contribution in [-0.2, 0) is 18.9 Å². The van der Waals surface area contributed by atoms with Gasteiger partial charge in [-0.1, -0.05) is 96.6 Å². The maximum atomic E-state index is 13.0. The van der Waals surface area contributed by atoms with E-state index in [2.05, 4.69) is 9.97 Å². The van der Waals surface area contributed by atoms with E-state index < -0.39 is 42.4 Å². The lowest BCUT2D eigenvalue weighted by atomic mass is 9.80. The first kappa shape index (κ1) is 54.8. The molecule has 17 heteroatoms. The van der Waals surface area contributed by atoms with Gasteiger partial charge in [0.1, 0.15) is 46.5 Å². The number of rotatable bonds is 8. The van der Waals surface area contributed by atoms with Crippen LogP contribution in [0.25, 0.3) is 55.4 Å². The predicted octanol–water partition coefficient (Wildman–Crippen LogP) is 10.1. The molecular weight excluding hydrogens is 943 g/mol. The van der Waals surface area contributed by atoms with Gasteiger partial charge in [-0.2, -0.15) is 0 Å². The van der Waals surface area contributed by atoms with Crippen molar-refractivity contribution < 1.29 is 57.8 Å². The number of aldehydes is 2. The van der Waals surface area contributed by atoms with E-state index >= 15 is 0 Å². The van der Waals surface area contributed by atoms with Crippen LogP contribution >= 0.6 is 0 Å². The minimum atomic E-state index is -1.50. The summed E-state index contributed by atoms with van der Waals surface area (Å²) in [6, 6.07) is 36.3. The van der Waals surface area contributed by atoms with Crippen LogP contribution in [0.5, 0.6) is 0 Å². The highest BCUT2D eigenvalue weighted by Gasteiger charge is 2.27. The van der Waals surface area contributed by atoms with Gasteiger partial charge in [0.25, 0.3) is 0 Å². The SMILES string of the molecule is COC(=O)c1cc(-c2ccc(-c3cccc(C=O)c3)cc2)cc2c1nc(C)n2C(=O)OC(C)(C)C.COC(=O)c1cc(-c2ccc(C)cc2)cc2c1nc(C)n2C(=O)OC(C)(C)C.O=Cc1cccc(B(O)O)c1. The molecule has 8 rings (SSSR count). The van der Waals surface area contributed by atoms with Crippen molar-refractivity contribution in [3.8, 4) is 33.4 Å². The minimum absolute atomic E-state index is 0.258. The van der Waals surface area contributed by atoms with Crippen LogP contribution in [-0.4, -0.2) is 98.4 Å². The van der Waals surface area contributed by atoms with Crippen molar-refractivity contribution in [1.29, 1.82) is 0 Å². The second-order valence-electron chi connectivity index (χ2n) is 19.1. The standard InChI is InChI=1S/C28H26N2O5.C22H24N2O4.C7H7BO3/c1-17-29-25-23(26(32)34-5)14-22(15-24(25)30(17)27(33)35-28(2,3)4)20-11-9-19(10-12-20)21-8-6-7-18(13-21)16-31;1-13-7-9-15(10-8-13)16-11-17(20(25)27-6)19-18(12-16)24(14(2)23-19)21(26)28-22(3,4)5;9-5-6-2-1-3-7(4-6)8(10)11/h6-16H,1-5H3;7-12H,1-6H3;1-5,10-11H. The third-order valence-electron chi connectivity index (χ3n) is 11.1. The largest absolute Gasteiger partial charge is 0.488 e. The number of imidazole rings is 2. The second-order valence-corrected chi connectivity index (χ2v) is 19.1. The Hall–Kier alpha value is -8.54. The molecule has 0 aliphatic heterocycles. The van der Waals surface area contributed by atoms with Crippen LogP contribution in [0, 0.1) is 20.8 Å². The molecule has 0 aliphatic rings. The minimum Gasteiger partial charge on any atom is -0.465 e. The Balaban J connectivity index is 0.000000203. The number of benzene rings is 6. The molecule has 16 nitrogen and oxygen atoms in total. The fourth-order valence-electron chi connectivity index (χ4n) is 7.71. The fourth-order valence-corrected chi connectivity index (χ4v) is 7.71. The number of carbonyl (C=O) groups excluding carboxylic acids is 6. The summed E-state index contributed by atoms with van der Waals surface area (Å²) in [5.41, 5.74) is 8.59. The zero-order chi connectivity index (χ0) is 54.2. The molecule has 6 aromatic carbocycles. The van der Waals surface area contributed by atoms with Gasteiger partial charge in [0, 0.05) is 11.1 Å². The summed E-state index contributed by atoms with van der Waals surface area (Å²) in [5.74, 6) is -0.210. The Morgan fingerprint density at radius 1 is 0.514 bits per heavy atom. The Kier molecular flexibility index (Phi) is 17.0. The lowest BCUT2D eigenvalue weighted by molar-refractivity contribution is 0.0528. The van der Waals surface area contributed by atoms with Crippen LogP contribution in [0.4, 0.5) is 9.59 Å². The molecule has 2 heterocycles. The van der Waals surface area contributed by atoms with E-state index in [0.717, 1.165) is 45.2 Å². The first-order valence-electron chi connectivity index (χ1n) is 23.3. The molecule has 0 radical (unpaired) electrons. The molecular formula is C57H57BN4O12. The first-order chi connectivity index (χ1) is 34.9. The van der Waals surface area contributed by atoms with Gasteiger partial charge in [0.05, 0.1) is 36.4 Å². The zero-order valence-electron chi connectivity index (χ0n) is 43.0. The van der Waals surface area contributed by atoms with Crippen molar-refractivity contribution in [1.82, 2.24) is 19.1 Å². The van der Waals surface area contributed by atoms with Crippen LogP contribution in [0.15, 0.2) is 121 Å². The average molecular weight is 1000 g/mol. The number of aromatic nitrogens is 4. The number of hydrogen-bond acceptors (Lipinski definition) is 14. The van der Waals surface area contributed by atoms with E-state index in [1.54, 1.807) is 85.7 Å². The third-order valence-corrected chi connectivity index (χ3v) is 11.1. The Morgan fingerprint density at radius 3 is 1.30 bits per heavy atom. The smallest absolute Gasteiger partial charge is 0.465 e. The average Bonchev–Trinajstić information content (AvgIpc) is 3.89. The molecule has 74 heavy (non-hydrogen) atoms. The molecule has 0 atom stereocenters. The maximum absolute atomic E-state index is 13.0. The van der Waals surface area contributed by atoms with E-state index in [1.165, 1.54) is 35.5 Å². The van der Waals surface area contributed by atoms with E-state index in [4.69, 9.17) is 29.0 Å². The number of hydrogen-bond donors (Lipinski definition) is 2. The van der Waals surface area contributed by atoms with Gasteiger partial charge >= 0.3 is 31.2 Å². The number of carbonyl (C=O) groups is 6. The van der Waals surface area contributed by atoms with Crippen LogP contribution in [0.1, 0.15) is 100 Å². The van der Waals surface area contributed by atoms with Crippen molar-refractivity contribution in [2.45, 2.75) is 73.5 Å². The quantitative estimate of drug-likeness (QED) is 0.0627. The Bertz CT molecular complexity index is 3400. The summed E-state index contributed by atoms with van der Waals surface area (Å²) in [6.45, 7) is 16.2. The molecule has 380 valence electrons. The van der Waals surface area contributed by atoms with Gasteiger partial charge in [-0.15, -0.1) is 0 Å². The number of ether oxygens (including phenoxy) is 4. The Labute approximate surface area is 428 Å². The molecule has 2 N–H and O–H groups in total. The zero-order valence-corrected chi connectivity index (χ0v) is 43.0. The highest BCUT2D eigenvalue weighted by Crippen LogP contribution is 2.33. The summed E-state index contributed by atoms with van der Waals surface area (Å²) in [7, 11) is 1.13. The first-order valence-corrected chi connectivity index (χ1v) is 23.3. The monoisotopic (exact) mass is 1000 g/mol. The van der Waals surface area contributed by atoms with Gasteiger partial charge in [0.15, 0.2) is 0 Å². The van der Waals surface area contributed by atoms with Crippen molar-refractivity contribution in [2.75, 3.05) is 14.2 Å². The number of aryl methyl sites for hydroxylation is 3. The summed E-state index contributed by atoms with van der Waals surface area (Å²) in [5, 5.41) is 17.4. The van der Waals surface area contributed by atoms with Gasteiger partial charge < -0.3 is 29.0 Å². The fraction of sp³-hybridized carbons (Fsp3) is 0.228. The van der Waals surface area contributed by atoms with Gasteiger partial charge in [0.2, 0.25) is 0 Å². The van der Waals surface area contributed by atoms with Crippen molar-refractivity contribution in [3.63, 3.8) is 0 Å². The van der Waals surface area contributed by atoms with E-state index in [0.29, 0.717) is 62.2 Å². The number of methoxy groups -OCH3 is 2.